The average Bonchev–Trinajstić information content (AvgIpc) is 3.72. The third-order valence-electron chi connectivity index (χ3n) is 9.87. The normalized spacial score (nSPS) is 18.1. The van der Waals surface area contributed by atoms with Gasteiger partial charge in [-0.1, -0.05) is 18.9 Å². The molecule has 2 aromatic carbocycles. The lowest BCUT2D eigenvalue weighted by molar-refractivity contribution is -0.0489. The van der Waals surface area contributed by atoms with Gasteiger partial charge in [-0.25, -0.2) is 28.9 Å². The number of unbranched alkanes of at least 4 members (excludes halogenated alkanes) is 3. The number of aliphatic hydroxyl groups excluding tert-OH is 1. The minimum absolute atomic E-state index is 0.0204. The number of phosphoric ester groups is 2. The summed E-state index contributed by atoms with van der Waals surface area (Å²) >= 11 is 0. The highest BCUT2D eigenvalue weighted by molar-refractivity contribution is 7.46. The van der Waals surface area contributed by atoms with Crippen molar-refractivity contribution in [3.05, 3.63) is 82.3 Å². The second-order valence-electron chi connectivity index (χ2n) is 14.1. The van der Waals surface area contributed by atoms with Gasteiger partial charge in [0.15, 0.2) is 28.6 Å². The fourth-order valence-electron chi connectivity index (χ4n) is 7.14. The lowest BCUT2D eigenvalue weighted by Gasteiger charge is -2.23. The van der Waals surface area contributed by atoms with Crippen molar-refractivity contribution in [1.29, 1.82) is 0 Å². The number of carboxylic acids is 1. The fraction of sp³-hybridized carbons (Fsp3) is 0.297. The number of phenolic OH excluding ortho intramolecular Hbond substituents is 1. The van der Waals surface area contributed by atoms with E-state index in [0.717, 1.165) is 6.33 Å². The molecule has 25 heteroatoms. The zero-order valence-corrected chi connectivity index (χ0v) is 33.9. The summed E-state index contributed by atoms with van der Waals surface area (Å²) in [5, 5.41) is 37.5. The highest BCUT2D eigenvalue weighted by Crippen LogP contribution is 2.47. The first kappa shape index (κ1) is 44.2. The number of ether oxygens (including phenoxy) is 1. The molecule has 2 aromatic heterocycles. The molecular weight excluding hydrogens is 860 g/mol. The minimum Gasteiger partial charge on any atom is -0.508 e. The summed E-state index contributed by atoms with van der Waals surface area (Å²) in [5.41, 5.74) is 7.10. The molecule has 0 saturated carbocycles. The number of phosphoric acid groups is 2. The molecule has 1 aliphatic carbocycles. The average molecular weight is 900 g/mol. The van der Waals surface area contributed by atoms with Gasteiger partial charge in [0.25, 0.3) is 5.91 Å². The number of imidazole rings is 1. The van der Waals surface area contributed by atoms with Gasteiger partial charge in [0.2, 0.25) is 5.95 Å². The van der Waals surface area contributed by atoms with Crippen LogP contribution in [0, 0.1) is 0 Å². The van der Waals surface area contributed by atoms with Gasteiger partial charge in [-0.3, -0.25) is 23.2 Å². The maximum absolute atomic E-state index is 13.2. The predicted molar refractivity (Wildman–Crippen MR) is 217 cm³/mol. The van der Waals surface area contributed by atoms with Crippen molar-refractivity contribution in [2.45, 2.75) is 50.2 Å². The third-order valence-corrected chi connectivity index (χ3v) is 10.9. The number of rotatable bonds is 17. The summed E-state index contributed by atoms with van der Waals surface area (Å²) in [6.07, 6.45) is -3.25. The number of hydrogen-bond acceptors (Lipinski definition) is 16. The molecule has 0 unspecified atom stereocenters. The predicted octanol–water partition coefficient (Wildman–Crippen LogP) is 2.94. The van der Waals surface area contributed by atoms with Crippen molar-refractivity contribution < 1.29 is 71.8 Å². The number of phenols is 1. The molecule has 1 saturated heterocycles. The van der Waals surface area contributed by atoms with Gasteiger partial charge in [0, 0.05) is 47.3 Å². The number of carbonyl (C=O) groups is 2. The minimum atomic E-state index is -5.27. The number of carboxylic acid groups (broad SMARTS) is 1. The molecule has 1 fully saturated rings. The molecule has 4 atom stereocenters. The molecule has 23 nitrogen and oxygen atoms in total. The van der Waals surface area contributed by atoms with Crippen LogP contribution in [0.25, 0.3) is 44.6 Å². The van der Waals surface area contributed by atoms with E-state index in [1.165, 1.54) is 53.1 Å². The molecule has 4 aromatic rings. The standard InChI is InChI=1S/C37H39N7O16P2/c38-32-29-33(42-17-41-32)44(35-31(60-62(54,55)56)30(47)27(59-35)16-57-61(51,52)53)37(43-29)40-12-4-2-1-3-11-39-34(48)18-5-8-21(24(13-18)36(49)50)28-22-9-6-19(45)14-25(22)58-26-15-20(46)7-10-23(26)28/h5-10,13-15,17,27,30-31,35,45,47H,1-4,11-12,16H2,(H,39,48)(H,40,43)(H,49,50)(H2,38,41,42)(H2,51,52,53)(H2,54,55,56)/t27-,30-,31-,35-/m1/s1. The van der Waals surface area contributed by atoms with Crippen LogP contribution in [0.1, 0.15) is 52.6 Å². The summed E-state index contributed by atoms with van der Waals surface area (Å²) in [5.74, 6) is -1.73. The van der Waals surface area contributed by atoms with Crippen LogP contribution in [0.2, 0.25) is 0 Å². The van der Waals surface area contributed by atoms with E-state index < -0.39 is 58.7 Å². The Morgan fingerprint density at radius 2 is 1.66 bits per heavy atom. The zero-order valence-electron chi connectivity index (χ0n) is 32.1. The van der Waals surface area contributed by atoms with Crippen LogP contribution in [0.5, 0.6) is 5.75 Å². The lowest BCUT2D eigenvalue weighted by atomic mass is 9.90. The zero-order chi connectivity index (χ0) is 44.5. The molecule has 0 spiro atoms. The Hall–Kier alpha value is -5.84. The largest absolute Gasteiger partial charge is 0.508 e. The molecule has 62 heavy (non-hydrogen) atoms. The highest BCUT2D eigenvalue weighted by Gasteiger charge is 2.50. The Kier molecular flexibility index (Phi) is 12.7. The molecule has 328 valence electrons. The van der Waals surface area contributed by atoms with Crippen LogP contribution >= 0.6 is 15.6 Å². The van der Waals surface area contributed by atoms with Gasteiger partial charge >= 0.3 is 21.6 Å². The van der Waals surface area contributed by atoms with Gasteiger partial charge < -0.3 is 60.4 Å². The number of aromatic nitrogens is 4. The number of nitrogens with zero attached hydrogens (tertiary/aromatic N) is 4. The third kappa shape index (κ3) is 9.77. The molecule has 2 aliphatic heterocycles. The van der Waals surface area contributed by atoms with E-state index in [1.807, 2.05) is 0 Å². The molecular formula is C37H39N7O16P2. The monoisotopic (exact) mass is 899 g/mol. The number of nitrogen functional groups attached to an aromatic ring is 1. The Morgan fingerprint density at radius 3 is 2.39 bits per heavy atom. The second-order valence-corrected chi connectivity index (χ2v) is 16.5. The second kappa shape index (κ2) is 17.9. The molecule has 1 amide bonds. The number of anilines is 2. The van der Waals surface area contributed by atoms with Crippen LogP contribution in [-0.2, 0) is 22.9 Å². The fourth-order valence-corrected chi connectivity index (χ4v) is 8.02. The lowest BCUT2D eigenvalue weighted by Crippen LogP contribution is -2.35. The molecule has 7 rings (SSSR count). The maximum atomic E-state index is 13.2. The van der Waals surface area contributed by atoms with E-state index in [1.54, 1.807) is 6.07 Å². The Bertz CT molecular complexity index is 2790. The Morgan fingerprint density at radius 1 is 0.919 bits per heavy atom. The summed E-state index contributed by atoms with van der Waals surface area (Å²) in [7, 11) is -10.3. The van der Waals surface area contributed by atoms with Crippen molar-refractivity contribution in [3.63, 3.8) is 0 Å². The van der Waals surface area contributed by atoms with Gasteiger partial charge in [-0.05, 0) is 54.8 Å². The number of aromatic hydroxyl groups is 1. The number of amides is 1. The molecule has 3 aliphatic rings. The molecule has 11 N–H and O–H groups in total. The van der Waals surface area contributed by atoms with E-state index in [2.05, 4.69) is 30.1 Å². The smallest absolute Gasteiger partial charge is 0.470 e. The molecule has 0 radical (unpaired) electrons. The van der Waals surface area contributed by atoms with Gasteiger partial charge in [-0.2, -0.15) is 0 Å². The summed E-state index contributed by atoms with van der Waals surface area (Å²) in [6, 6.07) is 12.8. The van der Waals surface area contributed by atoms with E-state index >= 15 is 0 Å². The number of aliphatic hydroxyl groups is 1. The topological polar surface area (TPSA) is 361 Å². The van der Waals surface area contributed by atoms with Crippen LogP contribution in [0.15, 0.2) is 70.1 Å². The van der Waals surface area contributed by atoms with E-state index in [0.29, 0.717) is 42.2 Å². The summed E-state index contributed by atoms with van der Waals surface area (Å²) < 4.78 is 45.4. The number of aromatic carboxylic acids is 1. The van der Waals surface area contributed by atoms with Crippen LogP contribution < -0.4 is 21.8 Å². The van der Waals surface area contributed by atoms with Crippen molar-refractivity contribution in [3.8, 4) is 28.2 Å². The Balaban J connectivity index is 0.981. The Labute approximate surface area is 348 Å². The van der Waals surface area contributed by atoms with Gasteiger partial charge in [0.1, 0.15) is 41.7 Å². The number of nitrogens with one attached hydrogen (secondary N) is 2. The number of fused-ring (bicyclic) bond motifs is 3. The van der Waals surface area contributed by atoms with Gasteiger partial charge in [-0.15, -0.1) is 0 Å². The molecule has 4 heterocycles. The van der Waals surface area contributed by atoms with Crippen molar-refractivity contribution in [2.75, 3.05) is 30.7 Å². The van der Waals surface area contributed by atoms with Crippen LogP contribution in [0.3, 0.4) is 0 Å². The first-order valence-electron chi connectivity index (χ1n) is 18.7. The SMILES string of the molecule is Nc1ncnc2c1nc(NCCCCCCNC(=O)c1ccc(-c3c4ccc(=O)cc-4oc4cc(O)ccc34)c(C(=O)O)c1)n2[C@@H]1O[C@H](COP(=O)(O)O)[C@@H](O)[C@H]1OP(=O)(O)O. The quantitative estimate of drug-likeness (QED) is 0.0357. The number of nitrogens with two attached hydrogens (primary N) is 1. The van der Waals surface area contributed by atoms with Gasteiger partial charge in [0.05, 0.1) is 12.2 Å². The van der Waals surface area contributed by atoms with E-state index in [-0.39, 0.29) is 75.2 Å². The first-order valence-corrected chi connectivity index (χ1v) is 21.8. The van der Waals surface area contributed by atoms with E-state index in [4.69, 9.17) is 29.2 Å². The van der Waals surface area contributed by atoms with Crippen LogP contribution in [-0.4, -0.2) is 104 Å². The number of benzene rings is 3. The van der Waals surface area contributed by atoms with E-state index in [9.17, 15) is 48.6 Å². The van der Waals surface area contributed by atoms with Crippen molar-refractivity contribution >= 4 is 61.4 Å². The van der Waals surface area contributed by atoms with Crippen molar-refractivity contribution in [2.24, 2.45) is 0 Å². The number of carbonyl (C=O) groups excluding carboxylic acids is 1. The summed E-state index contributed by atoms with van der Waals surface area (Å²) in [4.78, 5) is 87.9. The highest BCUT2D eigenvalue weighted by atomic mass is 31.2. The van der Waals surface area contributed by atoms with Crippen molar-refractivity contribution in [1.82, 2.24) is 24.8 Å². The van der Waals surface area contributed by atoms with Crippen LogP contribution in [0.4, 0.5) is 11.8 Å². The maximum Gasteiger partial charge on any atom is 0.470 e. The number of hydrogen-bond donors (Lipinski definition) is 10. The molecule has 0 bridgehead atoms. The first-order chi connectivity index (χ1) is 29.4. The summed E-state index contributed by atoms with van der Waals surface area (Å²) in [6.45, 7) is -0.336.